The molecule has 7 nitrogen and oxygen atoms in total. The Morgan fingerprint density at radius 3 is 2.48 bits per heavy atom. The first-order chi connectivity index (χ1) is 16.0. The molecular weight excluding hydrogens is 461 g/mol. The number of hydrogen-bond acceptors (Lipinski definition) is 5. The molecular formula is C23H21ClFN7S. The Morgan fingerprint density at radius 2 is 1.76 bits per heavy atom. The van der Waals surface area contributed by atoms with Crippen LogP contribution in [-0.2, 0) is 0 Å². The molecule has 168 valence electrons. The van der Waals surface area contributed by atoms with Gasteiger partial charge in [0.25, 0.3) is 0 Å². The number of aromatic nitrogens is 4. The topological polar surface area (TPSA) is 61.6 Å². The Labute approximate surface area is 200 Å². The van der Waals surface area contributed by atoms with Gasteiger partial charge in [-0.15, -0.1) is 15.3 Å². The highest BCUT2D eigenvalue weighted by Crippen LogP contribution is 2.24. The van der Waals surface area contributed by atoms with Gasteiger partial charge in [-0.05, 0) is 73.2 Å². The average Bonchev–Trinajstić information content (AvgIpc) is 3.25. The van der Waals surface area contributed by atoms with Crippen molar-refractivity contribution in [2.24, 2.45) is 0 Å². The number of nitrogens with zero attached hydrogens (tertiary/aromatic N) is 6. The Hall–Kier alpha value is -3.30. The molecule has 3 heterocycles. The van der Waals surface area contributed by atoms with Crippen LogP contribution in [0.5, 0.6) is 0 Å². The molecule has 0 saturated carbocycles. The maximum atomic E-state index is 13.3. The third kappa shape index (κ3) is 4.46. The summed E-state index contributed by atoms with van der Waals surface area (Å²) in [7, 11) is 0. The number of halogens is 2. The minimum Gasteiger partial charge on any atom is -0.352 e. The number of nitrogens with one attached hydrogen (secondary N) is 1. The first-order valence-corrected chi connectivity index (χ1v) is 11.3. The van der Waals surface area contributed by atoms with Crippen molar-refractivity contribution in [2.75, 3.05) is 36.4 Å². The van der Waals surface area contributed by atoms with Crippen molar-refractivity contribution in [2.45, 2.75) is 6.92 Å². The molecule has 0 unspecified atom stereocenters. The molecule has 1 aliphatic heterocycles. The second-order valence-electron chi connectivity index (χ2n) is 7.88. The van der Waals surface area contributed by atoms with Gasteiger partial charge in [-0.25, -0.2) is 4.39 Å². The van der Waals surface area contributed by atoms with Crippen LogP contribution in [0.2, 0.25) is 5.02 Å². The Balaban J connectivity index is 1.28. The van der Waals surface area contributed by atoms with E-state index in [9.17, 15) is 4.39 Å². The quantitative estimate of drug-likeness (QED) is 0.435. The van der Waals surface area contributed by atoms with E-state index in [1.165, 1.54) is 12.1 Å². The van der Waals surface area contributed by atoms with E-state index in [0.717, 1.165) is 48.8 Å². The predicted octanol–water partition coefficient (Wildman–Crippen LogP) is 4.41. The van der Waals surface area contributed by atoms with Gasteiger partial charge in [0.05, 0.1) is 10.7 Å². The first kappa shape index (κ1) is 21.5. The van der Waals surface area contributed by atoms with Crippen molar-refractivity contribution in [3.05, 3.63) is 71.0 Å². The van der Waals surface area contributed by atoms with Crippen LogP contribution in [0.25, 0.3) is 17.0 Å². The first-order valence-electron chi connectivity index (χ1n) is 10.5. The summed E-state index contributed by atoms with van der Waals surface area (Å²) in [6.07, 6.45) is 0. The highest BCUT2D eigenvalue weighted by molar-refractivity contribution is 7.80. The van der Waals surface area contributed by atoms with Gasteiger partial charge in [-0.1, -0.05) is 17.7 Å². The monoisotopic (exact) mass is 481 g/mol. The standard InChI is InChI=1S/C23H21ClFN7S/c1-15-2-7-19(18(24)14-15)26-23(33)31-12-10-30(11-13-31)21-9-8-20-27-28-22(32(20)29-21)16-3-5-17(25)6-4-16/h2-9,14H,10-13H2,1H3,(H,26,33). The third-order valence-corrected chi connectivity index (χ3v) is 6.28. The molecule has 1 aliphatic rings. The molecule has 4 aromatic rings. The molecule has 1 fully saturated rings. The van der Waals surface area contributed by atoms with Gasteiger partial charge >= 0.3 is 0 Å². The lowest BCUT2D eigenvalue weighted by molar-refractivity contribution is 0.389. The van der Waals surface area contributed by atoms with Gasteiger partial charge in [0.1, 0.15) is 11.6 Å². The van der Waals surface area contributed by atoms with Crippen LogP contribution in [0.1, 0.15) is 5.56 Å². The summed E-state index contributed by atoms with van der Waals surface area (Å²) in [6, 6.07) is 15.8. The lowest BCUT2D eigenvalue weighted by Crippen LogP contribution is -2.50. The van der Waals surface area contributed by atoms with Gasteiger partial charge < -0.3 is 15.1 Å². The van der Waals surface area contributed by atoms with Gasteiger partial charge in [0.2, 0.25) is 0 Å². The third-order valence-electron chi connectivity index (χ3n) is 5.61. The second kappa shape index (κ2) is 8.92. The lowest BCUT2D eigenvalue weighted by atomic mass is 10.2. The smallest absolute Gasteiger partial charge is 0.185 e. The van der Waals surface area contributed by atoms with Gasteiger partial charge in [-0.3, -0.25) is 0 Å². The zero-order valence-electron chi connectivity index (χ0n) is 17.9. The Morgan fingerprint density at radius 1 is 1.00 bits per heavy atom. The van der Waals surface area contributed by atoms with Crippen molar-refractivity contribution < 1.29 is 4.39 Å². The highest BCUT2D eigenvalue weighted by atomic mass is 35.5. The number of anilines is 2. The van der Waals surface area contributed by atoms with E-state index in [4.69, 9.17) is 28.9 Å². The van der Waals surface area contributed by atoms with Crippen LogP contribution >= 0.6 is 23.8 Å². The number of benzene rings is 2. The minimum atomic E-state index is -0.295. The van der Waals surface area contributed by atoms with Crippen LogP contribution in [-0.4, -0.2) is 56.0 Å². The van der Waals surface area contributed by atoms with Gasteiger partial charge in [0.15, 0.2) is 16.6 Å². The number of thiocarbonyl (C=S) groups is 1. The summed E-state index contributed by atoms with van der Waals surface area (Å²) in [5.74, 6) is 1.10. The molecule has 0 amide bonds. The van der Waals surface area contributed by atoms with E-state index in [-0.39, 0.29) is 5.82 Å². The molecule has 1 N–H and O–H groups in total. The summed E-state index contributed by atoms with van der Waals surface area (Å²) < 4.78 is 15.0. The largest absolute Gasteiger partial charge is 0.352 e. The molecule has 0 bridgehead atoms. The molecule has 10 heteroatoms. The van der Waals surface area contributed by atoms with Crippen molar-refractivity contribution in [3.63, 3.8) is 0 Å². The normalized spacial score (nSPS) is 14.0. The number of hydrogen-bond donors (Lipinski definition) is 1. The van der Waals surface area contributed by atoms with Crippen LogP contribution < -0.4 is 10.2 Å². The summed E-state index contributed by atoms with van der Waals surface area (Å²) in [5, 5.41) is 17.7. The van der Waals surface area contributed by atoms with Crippen LogP contribution in [0.15, 0.2) is 54.6 Å². The number of piperazine rings is 1. The molecule has 2 aromatic carbocycles. The molecule has 1 saturated heterocycles. The van der Waals surface area contributed by atoms with E-state index >= 15 is 0 Å². The highest BCUT2D eigenvalue weighted by Gasteiger charge is 2.21. The number of aryl methyl sites for hydroxylation is 1. The molecule has 2 aromatic heterocycles. The molecule has 0 spiro atoms. The summed E-state index contributed by atoms with van der Waals surface area (Å²) in [5.41, 5.74) is 3.30. The summed E-state index contributed by atoms with van der Waals surface area (Å²) >= 11 is 11.9. The van der Waals surface area contributed by atoms with Crippen molar-refractivity contribution in [1.29, 1.82) is 0 Å². The van der Waals surface area contributed by atoms with Crippen molar-refractivity contribution in [1.82, 2.24) is 24.7 Å². The van der Waals surface area contributed by atoms with Gasteiger partial charge in [-0.2, -0.15) is 4.52 Å². The SMILES string of the molecule is Cc1ccc(NC(=S)N2CCN(c3ccc4nnc(-c5ccc(F)cc5)n4n3)CC2)c(Cl)c1. The summed E-state index contributed by atoms with van der Waals surface area (Å²) in [6.45, 7) is 5.02. The Kier molecular flexibility index (Phi) is 5.82. The molecule has 0 aliphatic carbocycles. The fraction of sp³-hybridized carbons (Fsp3) is 0.217. The van der Waals surface area contributed by atoms with E-state index in [1.807, 2.05) is 37.3 Å². The zero-order chi connectivity index (χ0) is 22.9. The fourth-order valence-electron chi connectivity index (χ4n) is 3.78. The molecule has 5 rings (SSSR count). The van der Waals surface area contributed by atoms with E-state index in [1.54, 1.807) is 16.6 Å². The zero-order valence-corrected chi connectivity index (χ0v) is 19.4. The molecule has 0 atom stereocenters. The number of rotatable bonds is 3. The van der Waals surface area contributed by atoms with E-state index in [0.29, 0.717) is 21.6 Å². The fourth-order valence-corrected chi connectivity index (χ4v) is 4.36. The van der Waals surface area contributed by atoms with Crippen LogP contribution in [0, 0.1) is 12.7 Å². The van der Waals surface area contributed by atoms with E-state index in [2.05, 4.69) is 25.3 Å². The number of fused-ring (bicyclic) bond motifs is 1. The molecule has 0 radical (unpaired) electrons. The van der Waals surface area contributed by atoms with Crippen LogP contribution in [0.3, 0.4) is 0 Å². The predicted molar refractivity (Wildman–Crippen MR) is 132 cm³/mol. The maximum Gasteiger partial charge on any atom is 0.185 e. The minimum absolute atomic E-state index is 0.295. The van der Waals surface area contributed by atoms with Crippen LogP contribution in [0.4, 0.5) is 15.9 Å². The average molecular weight is 482 g/mol. The Bertz CT molecular complexity index is 1320. The van der Waals surface area contributed by atoms with Gasteiger partial charge in [0, 0.05) is 31.7 Å². The maximum absolute atomic E-state index is 13.3. The molecule has 33 heavy (non-hydrogen) atoms. The lowest BCUT2D eigenvalue weighted by Gasteiger charge is -2.36. The second-order valence-corrected chi connectivity index (χ2v) is 8.67. The van der Waals surface area contributed by atoms with Crippen molar-refractivity contribution in [3.8, 4) is 11.4 Å². The van der Waals surface area contributed by atoms with Crippen molar-refractivity contribution >= 4 is 46.1 Å². The van der Waals surface area contributed by atoms with E-state index < -0.39 is 0 Å². The summed E-state index contributed by atoms with van der Waals surface area (Å²) in [4.78, 5) is 4.33.